The minimum Gasteiger partial charge on any atom is -0.372 e. The van der Waals surface area contributed by atoms with Gasteiger partial charge in [-0.15, -0.1) is 0 Å². The topological polar surface area (TPSA) is 38.3 Å². The number of amides is 1. The molecule has 0 aliphatic rings. The molecule has 3 nitrogen and oxygen atoms in total. The molecule has 0 aliphatic heterocycles. The maximum absolute atomic E-state index is 12.1. The summed E-state index contributed by atoms with van der Waals surface area (Å²) in [7, 11) is 1.64. The lowest BCUT2D eigenvalue weighted by Gasteiger charge is -2.30. The second-order valence-electron chi connectivity index (χ2n) is 5.18. The van der Waals surface area contributed by atoms with Crippen molar-refractivity contribution < 1.29 is 9.53 Å². The van der Waals surface area contributed by atoms with Crippen LogP contribution in [0.15, 0.2) is 24.3 Å². The Morgan fingerprint density at radius 1 is 1.40 bits per heavy atom. The number of carbonyl (C=O) groups is 1. The first-order valence-electron chi connectivity index (χ1n) is 7.05. The molecule has 1 aromatic rings. The van der Waals surface area contributed by atoms with Crippen molar-refractivity contribution in [3.8, 4) is 0 Å². The third-order valence-electron chi connectivity index (χ3n) is 3.84. The molecular formula is C16H24ClNO2. The number of halogens is 1. The molecule has 0 saturated carbocycles. The van der Waals surface area contributed by atoms with Gasteiger partial charge in [0.25, 0.3) is 0 Å². The van der Waals surface area contributed by atoms with E-state index in [1.54, 1.807) is 7.11 Å². The zero-order valence-corrected chi connectivity index (χ0v) is 13.5. The molecule has 20 heavy (non-hydrogen) atoms. The number of methoxy groups -OCH3 is 1. The van der Waals surface area contributed by atoms with Gasteiger partial charge in [0.2, 0.25) is 5.91 Å². The Bertz CT molecular complexity index is 446. The van der Waals surface area contributed by atoms with Gasteiger partial charge in [-0.25, -0.2) is 0 Å². The number of rotatable bonds is 7. The Morgan fingerprint density at radius 3 is 2.55 bits per heavy atom. The first-order chi connectivity index (χ1) is 9.46. The molecule has 112 valence electrons. The average molecular weight is 298 g/mol. The highest BCUT2D eigenvalue weighted by Crippen LogP contribution is 2.26. The molecule has 1 unspecified atom stereocenters. The molecule has 0 saturated heterocycles. The van der Waals surface area contributed by atoms with Gasteiger partial charge in [0.1, 0.15) is 5.60 Å². The summed E-state index contributed by atoms with van der Waals surface area (Å²) in [5.74, 6) is 0.149. The maximum atomic E-state index is 12.1. The predicted octanol–water partition coefficient (Wildman–Crippen LogP) is 3.75. The summed E-state index contributed by atoms with van der Waals surface area (Å²) in [5, 5.41) is 3.65. The molecule has 4 heteroatoms. The summed E-state index contributed by atoms with van der Waals surface area (Å²) in [4.78, 5) is 12.1. The van der Waals surface area contributed by atoms with Crippen LogP contribution in [0.5, 0.6) is 0 Å². The summed E-state index contributed by atoms with van der Waals surface area (Å²) in [6, 6.07) is 7.54. The third kappa shape index (κ3) is 4.22. The molecule has 1 aromatic carbocycles. The molecule has 0 aliphatic carbocycles. The van der Waals surface area contributed by atoms with E-state index in [0.717, 1.165) is 18.4 Å². The molecule has 1 amide bonds. The fourth-order valence-electron chi connectivity index (χ4n) is 2.17. The van der Waals surface area contributed by atoms with Crippen molar-refractivity contribution in [1.82, 2.24) is 5.32 Å². The molecule has 1 rings (SSSR count). The third-order valence-corrected chi connectivity index (χ3v) is 4.08. The van der Waals surface area contributed by atoms with E-state index in [9.17, 15) is 4.79 Å². The van der Waals surface area contributed by atoms with Crippen molar-refractivity contribution in [1.29, 1.82) is 0 Å². The Labute approximate surface area is 126 Å². The van der Waals surface area contributed by atoms with Crippen LogP contribution in [0.1, 0.15) is 39.2 Å². The quantitative estimate of drug-likeness (QED) is 0.832. The summed E-state index contributed by atoms with van der Waals surface area (Å²) in [5.41, 5.74) is 0.379. The van der Waals surface area contributed by atoms with Crippen molar-refractivity contribution in [3.05, 3.63) is 34.9 Å². The van der Waals surface area contributed by atoms with Crippen LogP contribution in [-0.2, 0) is 15.1 Å². The van der Waals surface area contributed by atoms with Gasteiger partial charge in [-0.2, -0.15) is 0 Å². The molecule has 0 aromatic heterocycles. The standard InChI is InChI=1S/C16H24ClNO2/c1-5-12(6-2)15(19)18-11-16(3,20-4)13-8-7-9-14(17)10-13/h7-10,12H,5-6,11H2,1-4H3,(H,18,19). The summed E-state index contributed by atoms with van der Waals surface area (Å²) >= 11 is 6.02. The minimum absolute atomic E-state index is 0.0652. The van der Waals surface area contributed by atoms with Crippen LogP contribution in [0.2, 0.25) is 5.02 Å². The van der Waals surface area contributed by atoms with Crippen molar-refractivity contribution in [2.75, 3.05) is 13.7 Å². The van der Waals surface area contributed by atoms with Gasteiger partial charge in [-0.3, -0.25) is 4.79 Å². The Kier molecular flexibility index (Phi) is 6.50. The van der Waals surface area contributed by atoms with Crippen molar-refractivity contribution >= 4 is 17.5 Å². The number of benzene rings is 1. The normalized spacial score (nSPS) is 14.1. The SMILES string of the molecule is CCC(CC)C(=O)NCC(C)(OC)c1cccc(Cl)c1. The molecule has 0 fully saturated rings. The van der Waals surface area contributed by atoms with Gasteiger partial charge in [0, 0.05) is 18.1 Å². The molecule has 0 heterocycles. The lowest BCUT2D eigenvalue weighted by atomic mass is 9.95. The van der Waals surface area contributed by atoms with E-state index in [1.165, 1.54) is 0 Å². The van der Waals surface area contributed by atoms with Crippen LogP contribution in [0.3, 0.4) is 0 Å². The van der Waals surface area contributed by atoms with Crippen molar-refractivity contribution in [2.45, 2.75) is 39.2 Å². The van der Waals surface area contributed by atoms with E-state index in [4.69, 9.17) is 16.3 Å². The molecule has 1 N–H and O–H groups in total. The minimum atomic E-state index is -0.577. The highest BCUT2D eigenvalue weighted by Gasteiger charge is 2.28. The van der Waals surface area contributed by atoms with Gasteiger partial charge in [0.05, 0.1) is 6.54 Å². The number of nitrogens with one attached hydrogen (secondary N) is 1. The van der Waals surface area contributed by atoms with Gasteiger partial charge < -0.3 is 10.1 Å². The second kappa shape index (κ2) is 7.65. The fourth-order valence-corrected chi connectivity index (χ4v) is 2.36. The zero-order chi connectivity index (χ0) is 15.2. The van der Waals surface area contributed by atoms with Crippen LogP contribution in [0, 0.1) is 5.92 Å². The van der Waals surface area contributed by atoms with Gasteiger partial charge >= 0.3 is 0 Å². The van der Waals surface area contributed by atoms with Crippen LogP contribution in [-0.4, -0.2) is 19.6 Å². The Morgan fingerprint density at radius 2 is 2.05 bits per heavy atom. The first kappa shape index (κ1) is 17.0. The molecule has 0 spiro atoms. The summed E-state index contributed by atoms with van der Waals surface area (Å²) < 4.78 is 5.60. The van der Waals surface area contributed by atoms with Gasteiger partial charge in [-0.1, -0.05) is 37.6 Å². The van der Waals surface area contributed by atoms with Crippen LogP contribution < -0.4 is 5.32 Å². The van der Waals surface area contributed by atoms with E-state index in [1.807, 2.05) is 45.0 Å². The molecule has 0 bridgehead atoms. The van der Waals surface area contributed by atoms with Crippen molar-refractivity contribution in [2.24, 2.45) is 5.92 Å². The van der Waals surface area contributed by atoms with Gasteiger partial charge in [0.15, 0.2) is 0 Å². The van der Waals surface area contributed by atoms with E-state index in [0.29, 0.717) is 11.6 Å². The lowest BCUT2D eigenvalue weighted by Crippen LogP contribution is -2.42. The predicted molar refractivity (Wildman–Crippen MR) is 82.9 cm³/mol. The Balaban J connectivity index is 2.78. The molecule has 0 radical (unpaired) electrons. The average Bonchev–Trinajstić information content (AvgIpc) is 2.46. The van der Waals surface area contributed by atoms with E-state index in [-0.39, 0.29) is 11.8 Å². The lowest BCUT2D eigenvalue weighted by molar-refractivity contribution is -0.126. The van der Waals surface area contributed by atoms with Crippen molar-refractivity contribution in [3.63, 3.8) is 0 Å². The molecular weight excluding hydrogens is 274 g/mol. The monoisotopic (exact) mass is 297 g/mol. The highest BCUT2D eigenvalue weighted by molar-refractivity contribution is 6.30. The van der Waals surface area contributed by atoms with Crippen LogP contribution in [0.25, 0.3) is 0 Å². The summed E-state index contributed by atoms with van der Waals surface area (Å²) in [6.07, 6.45) is 1.70. The first-order valence-corrected chi connectivity index (χ1v) is 7.43. The van der Waals surface area contributed by atoms with E-state index in [2.05, 4.69) is 5.32 Å². The Hall–Kier alpha value is -1.06. The smallest absolute Gasteiger partial charge is 0.223 e. The zero-order valence-electron chi connectivity index (χ0n) is 12.7. The van der Waals surface area contributed by atoms with E-state index >= 15 is 0 Å². The fraction of sp³-hybridized carbons (Fsp3) is 0.562. The van der Waals surface area contributed by atoms with Crippen LogP contribution >= 0.6 is 11.6 Å². The second-order valence-corrected chi connectivity index (χ2v) is 5.61. The van der Waals surface area contributed by atoms with Crippen LogP contribution in [0.4, 0.5) is 0 Å². The molecule has 1 atom stereocenters. The number of carbonyl (C=O) groups excluding carboxylic acids is 1. The highest BCUT2D eigenvalue weighted by atomic mass is 35.5. The summed E-state index contributed by atoms with van der Waals surface area (Å²) in [6.45, 7) is 6.44. The van der Waals surface area contributed by atoms with Gasteiger partial charge in [-0.05, 0) is 37.5 Å². The largest absolute Gasteiger partial charge is 0.372 e. The number of hydrogen-bond acceptors (Lipinski definition) is 2. The maximum Gasteiger partial charge on any atom is 0.223 e. The number of hydrogen-bond donors (Lipinski definition) is 1. The van der Waals surface area contributed by atoms with E-state index < -0.39 is 5.60 Å². The number of ether oxygens (including phenoxy) is 1.